The maximum Gasteiger partial charge on any atom is 0.234 e. The van der Waals surface area contributed by atoms with Crippen LogP contribution in [-0.4, -0.2) is 49.6 Å². The predicted octanol–water partition coefficient (Wildman–Crippen LogP) is 4.55. The van der Waals surface area contributed by atoms with E-state index in [1.165, 1.54) is 27.0 Å². The van der Waals surface area contributed by atoms with Gasteiger partial charge in [-0.15, -0.1) is 11.3 Å². The minimum atomic E-state index is 0.0166. The fourth-order valence-corrected chi connectivity index (χ4v) is 5.74. The average Bonchev–Trinajstić information content (AvgIpc) is 3.53. The van der Waals surface area contributed by atoms with Crippen molar-refractivity contribution in [1.82, 2.24) is 15.2 Å². The molecule has 2 aromatic carbocycles. The van der Waals surface area contributed by atoms with Crippen molar-refractivity contribution >= 4 is 28.1 Å². The number of ether oxygens (including phenoxy) is 2. The number of carbonyl (C=O) groups excluding carboxylic acids is 1. The van der Waals surface area contributed by atoms with E-state index < -0.39 is 0 Å². The average molecular weight is 476 g/mol. The van der Waals surface area contributed by atoms with Crippen LogP contribution < -0.4 is 14.8 Å². The molecular formula is C27H29N3O3S. The van der Waals surface area contributed by atoms with Crippen molar-refractivity contribution in [2.24, 2.45) is 0 Å². The highest BCUT2D eigenvalue weighted by Gasteiger charge is 2.32. The highest BCUT2D eigenvalue weighted by molar-refractivity contribution is 7.10. The van der Waals surface area contributed by atoms with Crippen LogP contribution in [0.5, 0.6) is 11.5 Å². The van der Waals surface area contributed by atoms with Gasteiger partial charge in [-0.3, -0.25) is 9.69 Å². The maximum atomic E-state index is 13.0. The Morgan fingerprint density at radius 3 is 2.76 bits per heavy atom. The molecule has 0 unspecified atom stereocenters. The van der Waals surface area contributed by atoms with Gasteiger partial charge < -0.3 is 19.8 Å². The van der Waals surface area contributed by atoms with E-state index in [1.807, 2.05) is 18.3 Å². The lowest BCUT2D eigenvalue weighted by atomic mass is 9.91. The third-order valence-corrected chi connectivity index (χ3v) is 7.45. The van der Waals surface area contributed by atoms with Crippen molar-refractivity contribution in [3.63, 3.8) is 0 Å². The van der Waals surface area contributed by atoms with Crippen molar-refractivity contribution in [3.05, 3.63) is 81.7 Å². The first kappa shape index (κ1) is 22.5. The maximum absolute atomic E-state index is 13.0. The number of benzene rings is 2. The monoisotopic (exact) mass is 475 g/mol. The summed E-state index contributed by atoms with van der Waals surface area (Å²) in [5.74, 6) is 1.51. The third-order valence-electron chi connectivity index (χ3n) is 6.52. The van der Waals surface area contributed by atoms with E-state index in [4.69, 9.17) is 9.47 Å². The fourth-order valence-electron chi connectivity index (χ4n) is 4.86. The van der Waals surface area contributed by atoms with Crippen molar-refractivity contribution in [2.75, 3.05) is 33.9 Å². The molecule has 34 heavy (non-hydrogen) atoms. The van der Waals surface area contributed by atoms with Gasteiger partial charge in [0.1, 0.15) is 0 Å². The Kier molecular flexibility index (Phi) is 6.56. The van der Waals surface area contributed by atoms with Gasteiger partial charge in [0, 0.05) is 35.1 Å². The van der Waals surface area contributed by atoms with Crippen LogP contribution in [-0.2, 0) is 17.6 Å². The molecule has 4 aromatic rings. The largest absolute Gasteiger partial charge is 0.493 e. The fraction of sp³-hybridized carbons (Fsp3) is 0.296. The Labute approximate surface area is 203 Å². The second-order valence-corrected chi connectivity index (χ2v) is 9.48. The molecule has 6 nitrogen and oxygen atoms in total. The predicted molar refractivity (Wildman–Crippen MR) is 136 cm³/mol. The summed E-state index contributed by atoms with van der Waals surface area (Å²) in [6.07, 6.45) is 3.69. The molecule has 0 fully saturated rings. The summed E-state index contributed by atoms with van der Waals surface area (Å²) < 4.78 is 11.1. The Morgan fingerprint density at radius 1 is 1.15 bits per heavy atom. The molecule has 0 spiro atoms. The van der Waals surface area contributed by atoms with Crippen LogP contribution in [0.4, 0.5) is 0 Å². The van der Waals surface area contributed by atoms with Crippen molar-refractivity contribution in [3.8, 4) is 11.5 Å². The first-order valence-corrected chi connectivity index (χ1v) is 12.4. The number of amides is 1. The number of para-hydroxylation sites is 1. The second kappa shape index (κ2) is 9.91. The van der Waals surface area contributed by atoms with Crippen LogP contribution in [0.1, 0.15) is 27.6 Å². The number of hydrogen-bond acceptors (Lipinski definition) is 5. The molecule has 1 amide bonds. The molecular weight excluding hydrogens is 446 g/mol. The van der Waals surface area contributed by atoms with E-state index in [0.29, 0.717) is 18.8 Å². The van der Waals surface area contributed by atoms with E-state index in [0.717, 1.165) is 30.7 Å². The standard InChI is InChI=1S/C27H29N3O3S/c1-32-23-14-18-10-12-30(27(25-8-5-13-34-25)21(18)15-24(23)33-2)17-26(31)28-11-9-19-16-29-22-7-4-3-6-20(19)22/h3-8,13-16,27,29H,9-12,17H2,1-2H3,(H,28,31)/t27-/m0/s1. The molecule has 2 N–H and O–H groups in total. The Hall–Kier alpha value is -3.29. The Morgan fingerprint density at radius 2 is 1.97 bits per heavy atom. The molecule has 1 atom stereocenters. The van der Waals surface area contributed by atoms with Gasteiger partial charge >= 0.3 is 0 Å². The summed E-state index contributed by atoms with van der Waals surface area (Å²) in [6.45, 7) is 1.77. The molecule has 7 heteroatoms. The Balaban J connectivity index is 1.30. The highest BCUT2D eigenvalue weighted by atomic mass is 32.1. The van der Waals surface area contributed by atoms with Crippen LogP contribution in [0.2, 0.25) is 0 Å². The molecule has 0 saturated carbocycles. The molecule has 0 saturated heterocycles. The second-order valence-electron chi connectivity index (χ2n) is 8.50. The summed E-state index contributed by atoms with van der Waals surface area (Å²) >= 11 is 1.72. The first-order chi connectivity index (χ1) is 16.7. The molecule has 1 aliphatic heterocycles. The van der Waals surface area contributed by atoms with Gasteiger partial charge in [-0.2, -0.15) is 0 Å². The van der Waals surface area contributed by atoms with Crippen molar-refractivity contribution in [2.45, 2.75) is 18.9 Å². The number of carbonyl (C=O) groups is 1. The van der Waals surface area contributed by atoms with Crippen molar-refractivity contribution < 1.29 is 14.3 Å². The van der Waals surface area contributed by atoms with Crippen LogP contribution in [0.25, 0.3) is 10.9 Å². The summed E-state index contributed by atoms with van der Waals surface area (Å²) in [5, 5.41) is 6.43. The van der Waals surface area contributed by atoms with E-state index in [9.17, 15) is 4.79 Å². The lowest BCUT2D eigenvalue weighted by molar-refractivity contribution is -0.122. The summed E-state index contributed by atoms with van der Waals surface area (Å²) in [5.41, 5.74) is 4.77. The van der Waals surface area contributed by atoms with Crippen molar-refractivity contribution in [1.29, 1.82) is 0 Å². The van der Waals surface area contributed by atoms with E-state index in [-0.39, 0.29) is 11.9 Å². The number of hydrogen-bond donors (Lipinski definition) is 2. The van der Waals surface area contributed by atoms with Gasteiger partial charge in [0.15, 0.2) is 11.5 Å². The van der Waals surface area contributed by atoms with Crippen LogP contribution in [0.3, 0.4) is 0 Å². The molecule has 3 heterocycles. The number of aromatic amines is 1. The lowest BCUT2D eigenvalue weighted by Gasteiger charge is -2.37. The zero-order valence-electron chi connectivity index (χ0n) is 19.5. The van der Waals surface area contributed by atoms with E-state index in [1.54, 1.807) is 25.6 Å². The van der Waals surface area contributed by atoms with Gasteiger partial charge in [-0.05, 0) is 59.2 Å². The van der Waals surface area contributed by atoms with Crippen LogP contribution >= 0.6 is 11.3 Å². The number of thiophene rings is 1. The van der Waals surface area contributed by atoms with Gasteiger partial charge in [0.25, 0.3) is 0 Å². The van der Waals surface area contributed by atoms with Gasteiger partial charge in [0.05, 0.1) is 26.8 Å². The number of methoxy groups -OCH3 is 2. The van der Waals surface area contributed by atoms with E-state index >= 15 is 0 Å². The normalized spacial score (nSPS) is 15.8. The van der Waals surface area contributed by atoms with Gasteiger partial charge in [-0.25, -0.2) is 0 Å². The van der Waals surface area contributed by atoms with Gasteiger partial charge in [-0.1, -0.05) is 24.3 Å². The summed E-state index contributed by atoms with van der Waals surface area (Å²) in [7, 11) is 3.32. The zero-order chi connectivity index (χ0) is 23.5. The number of aromatic nitrogens is 1. The third kappa shape index (κ3) is 4.41. The molecule has 1 aliphatic rings. The molecule has 176 valence electrons. The van der Waals surface area contributed by atoms with E-state index in [2.05, 4.69) is 57.0 Å². The zero-order valence-corrected chi connectivity index (χ0v) is 20.3. The smallest absolute Gasteiger partial charge is 0.234 e. The van der Waals surface area contributed by atoms with Crippen LogP contribution in [0, 0.1) is 0 Å². The van der Waals surface area contributed by atoms with Crippen LogP contribution in [0.15, 0.2) is 60.1 Å². The SMILES string of the molecule is COc1cc2c(cc1OC)[C@@H](c1cccs1)N(CC(=O)NCCc1c[nH]c3ccccc13)CC2. The highest BCUT2D eigenvalue weighted by Crippen LogP contribution is 2.42. The Bertz CT molecular complexity index is 1280. The lowest BCUT2D eigenvalue weighted by Crippen LogP contribution is -2.43. The molecule has 5 rings (SSSR count). The molecule has 0 bridgehead atoms. The minimum Gasteiger partial charge on any atom is -0.493 e. The molecule has 0 radical (unpaired) electrons. The number of H-pyrrole nitrogens is 1. The first-order valence-electron chi connectivity index (χ1n) is 11.5. The number of nitrogens with one attached hydrogen (secondary N) is 2. The number of rotatable bonds is 8. The summed E-state index contributed by atoms with van der Waals surface area (Å²) in [4.78, 5) is 19.7. The quantitative estimate of drug-likeness (QED) is 0.392. The summed E-state index contributed by atoms with van der Waals surface area (Å²) in [6, 6.07) is 16.6. The number of nitrogens with zero attached hydrogens (tertiary/aromatic N) is 1. The minimum absolute atomic E-state index is 0.0166. The van der Waals surface area contributed by atoms with Gasteiger partial charge in [0.2, 0.25) is 5.91 Å². The molecule has 2 aromatic heterocycles. The number of fused-ring (bicyclic) bond motifs is 2. The topological polar surface area (TPSA) is 66.6 Å². The molecule has 0 aliphatic carbocycles.